The molecule has 0 radical (unpaired) electrons. The lowest BCUT2D eigenvalue weighted by Crippen LogP contribution is -2.45. The summed E-state index contributed by atoms with van der Waals surface area (Å²) in [4.78, 5) is 13.4. The van der Waals surface area contributed by atoms with Crippen LogP contribution in [0.3, 0.4) is 0 Å². The number of amides is 1. The van der Waals surface area contributed by atoms with Gasteiger partial charge in [0.2, 0.25) is 5.91 Å². The van der Waals surface area contributed by atoms with Gasteiger partial charge in [-0.15, -0.1) is 11.3 Å². The van der Waals surface area contributed by atoms with Gasteiger partial charge in [-0.3, -0.25) is 4.79 Å². The zero-order valence-corrected chi connectivity index (χ0v) is 15.4. The quantitative estimate of drug-likeness (QED) is 0.865. The number of aryl methyl sites for hydroxylation is 1. The molecule has 1 N–H and O–H groups in total. The number of hydrogen-bond acceptors (Lipinski definition) is 4. The summed E-state index contributed by atoms with van der Waals surface area (Å²) in [6, 6.07) is 8.48. The van der Waals surface area contributed by atoms with E-state index in [-0.39, 0.29) is 22.5 Å². The topological polar surface area (TPSA) is 66.5 Å². The maximum Gasteiger partial charge on any atom is 0.253 e. The molecule has 1 aromatic heterocycles. The van der Waals surface area contributed by atoms with Crippen molar-refractivity contribution in [2.75, 3.05) is 6.54 Å². The van der Waals surface area contributed by atoms with Crippen LogP contribution in [-0.4, -0.2) is 31.2 Å². The molecule has 8 heteroatoms. The van der Waals surface area contributed by atoms with Crippen LogP contribution in [0.4, 0.5) is 4.39 Å². The van der Waals surface area contributed by atoms with Gasteiger partial charge in [-0.2, -0.15) is 4.31 Å². The molecule has 1 aliphatic heterocycles. The Labute approximate surface area is 150 Å². The second-order valence-corrected chi connectivity index (χ2v) is 9.39. The third-order valence-corrected chi connectivity index (χ3v) is 7.54. The minimum absolute atomic E-state index is 0.238. The summed E-state index contributed by atoms with van der Waals surface area (Å²) in [6.45, 7) is 2.43. The molecule has 1 aliphatic rings. The summed E-state index contributed by atoms with van der Waals surface area (Å²) in [5.74, 6) is -0.659. The molecule has 1 saturated heterocycles. The van der Waals surface area contributed by atoms with Crippen LogP contribution in [0.15, 0.2) is 40.6 Å². The maximum atomic E-state index is 12.9. The number of carbonyl (C=O) groups is 1. The maximum absolute atomic E-state index is 12.9. The number of sulfonamides is 1. The first-order valence-electron chi connectivity index (χ1n) is 7.98. The number of rotatable bonds is 5. The molecule has 25 heavy (non-hydrogen) atoms. The van der Waals surface area contributed by atoms with E-state index in [1.54, 1.807) is 24.3 Å². The van der Waals surface area contributed by atoms with Crippen molar-refractivity contribution in [1.82, 2.24) is 9.62 Å². The van der Waals surface area contributed by atoms with E-state index in [2.05, 4.69) is 5.32 Å². The number of nitrogens with one attached hydrogen (secondary N) is 1. The summed E-state index contributed by atoms with van der Waals surface area (Å²) in [6.07, 6.45) is 1.15. The Hall–Kier alpha value is -1.77. The highest BCUT2D eigenvalue weighted by Gasteiger charge is 2.39. The van der Waals surface area contributed by atoms with Crippen molar-refractivity contribution >= 4 is 27.3 Å². The molecule has 3 rings (SSSR count). The summed E-state index contributed by atoms with van der Waals surface area (Å²) in [5, 5.41) is 2.76. The fourth-order valence-corrected chi connectivity index (χ4v) is 5.93. The molecule has 1 atom stereocenters. The van der Waals surface area contributed by atoms with Crippen molar-refractivity contribution in [1.29, 1.82) is 0 Å². The molecule has 0 saturated carbocycles. The van der Waals surface area contributed by atoms with Gasteiger partial charge in [0.05, 0.1) is 0 Å². The molecule has 0 spiro atoms. The third kappa shape index (κ3) is 3.91. The van der Waals surface area contributed by atoms with Crippen molar-refractivity contribution < 1.29 is 17.6 Å². The Morgan fingerprint density at radius 2 is 2.00 bits per heavy atom. The molecule has 0 bridgehead atoms. The van der Waals surface area contributed by atoms with E-state index in [1.807, 2.05) is 6.92 Å². The van der Waals surface area contributed by atoms with Crippen LogP contribution in [0.2, 0.25) is 0 Å². The lowest BCUT2D eigenvalue weighted by Gasteiger charge is -2.22. The highest BCUT2D eigenvalue weighted by Crippen LogP contribution is 2.30. The Morgan fingerprint density at radius 3 is 2.64 bits per heavy atom. The van der Waals surface area contributed by atoms with E-state index in [1.165, 1.54) is 27.8 Å². The van der Waals surface area contributed by atoms with Crippen LogP contribution in [0.1, 0.15) is 23.3 Å². The van der Waals surface area contributed by atoms with Gasteiger partial charge in [0, 0.05) is 18.0 Å². The second kappa shape index (κ2) is 7.23. The smallest absolute Gasteiger partial charge is 0.253 e. The summed E-state index contributed by atoms with van der Waals surface area (Å²) in [5.41, 5.74) is 0.760. The number of hydrogen-bond donors (Lipinski definition) is 1. The van der Waals surface area contributed by atoms with Gasteiger partial charge in [-0.05, 0) is 49.6 Å². The van der Waals surface area contributed by atoms with Crippen molar-refractivity contribution in [2.24, 2.45) is 0 Å². The number of halogens is 1. The molecule has 1 aromatic carbocycles. The number of nitrogens with zero attached hydrogens (tertiary/aromatic N) is 1. The Balaban J connectivity index is 1.70. The second-order valence-electron chi connectivity index (χ2n) is 5.98. The minimum atomic E-state index is -3.66. The van der Waals surface area contributed by atoms with Crippen molar-refractivity contribution in [2.45, 2.75) is 36.6 Å². The largest absolute Gasteiger partial charge is 0.351 e. The molecule has 2 heterocycles. The number of thiophene rings is 1. The van der Waals surface area contributed by atoms with E-state index < -0.39 is 16.1 Å². The van der Waals surface area contributed by atoms with Gasteiger partial charge in [0.25, 0.3) is 10.0 Å². The monoisotopic (exact) mass is 382 g/mol. The fourth-order valence-electron chi connectivity index (χ4n) is 2.87. The zero-order chi connectivity index (χ0) is 18.0. The van der Waals surface area contributed by atoms with Gasteiger partial charge < -0.3 is 5.32 Å². The summed E-state index contributed by atoms with van der Waals surface area (Å²) in [7, 11) is -3.66. The van der Waals surface area contributed by atoms with E-state index in [9.17, 15) is 17.6 Å². The minimum Gasteiger partial charge on any atom is -0.351 e. The number of benzene rings is 1. The highest BCUT2D eigenvalue weighted by molar-refractivity contribution is 7.91. The van der Waals surface area contributed by atoms with Gasteiger partial charge in [-0.1, -0.05) is 12.1 Å². The Bertz CT molecular complexity index is 862. The zero-order valence-electron chi connectivity index (χ0n) is 13.7. The lowest BCUT2D eigenvalue weighted by atomic mass is 10.2. The van der Waals surface area contributed by atoms with E-state index in [0.717, 1.165) is 10.4 Å². The average molecular weight is 382 g/mol. The number of carbonyl (C=O) groups excluding carboxylic acids is 1. The molecule has 1 fully saturated rings. The molecule has 134 valence electrons. The predicted molar refractivity (Wildman–Crippen MR) is 94.2 cm³/mol. The van der Waals surface area contributed by atoms with Gasteiger partial charge >= 0.3 is 0 Å². The van der Waals surface area contributed by atoms with Crippen LogP contribution in [0, 0.1) is 12.7 Å². The summed E-state index contributed by atoms with van der Waals surface area (Å²) >= 11 is 1.21. The Kier molecular flexibility index (Phi) is 5.21. The van der Waals surface area contributed by atoms with Crippen molar-refractivity contribution in [3.8, 4) is 0 Å². The van der Waals surface area contributed by atoms with Gasteiger partial charge in [0.15, 0.2) is 0 Å². The van der Waals surface area contributed by atoms with Crippen molar-refractivity contribution in [3.05, 3.63) is 52.7 Å². The molecule has 0 unspecified atom stereocenters. The van der Waals surface area contributed by atoms with Crippen LogP contribution < -0.4 is 5.32 Å². The predicted octanol–water partition coefficient (Wildman–Crippen LogP) is 2.67. The van der Waals surface area contributed by atoms with Crippen LogP contribution >= 0.6 is 11.3 Å². The standard InChI is InChI=1S/C17H19FN2O3S2/c1-12-4-9-16(24-12)25(22,23)20-10-2-3-15(20)17(21)19-11-13-5-7-14(18)8-6-13/h4-9,15H,2-3,10-11H2,1H3,(H,19,21)/t15-/m0/s1. The Morgan fingerprint density at radius 1 is 1.28 bits per heavy atom. The molecule has 0 aliphatic carbocycles. The first-order valence-corrected chi connectivity index (χ1v) is 10.2. The molecular weight excluding hydrogens is 363 g/mol. The highest BCUT2D eigenvalue weighted by atomic mass is 32.2. The van der Waals surface area contributed by atoms with E-state index in [0.29, 0.717) is 19.4 Å². The SMILES string of the molecule is Cc1ccc(S(=O)(=O)N2CCC[C@H]2C(=O)NCc2ccc(F)cc2)s1. The average Bonchev–Trinajstić information content (AvgIpc) is 3.23. The van der Waals surface area contributed by atoms with Crippen molar-refractivity contribution in [3.63, 3.8) is 0 Å². The molecular formula is C17H19FN2O3S2. The van der Waals surface area contributed by atoms with Crippen LogP contribution in [0.25, 0.3) is 0 Å². The first kappa shape index (κ1) is 18.0. The molecule has 2 aromatic rings. The van der Waals surface area contributed by atoms with E-state index in [4.69, 9.17) is 0 Å². The molecule has 5 nitrogen and oxygen atoms in total. The van der Waals surface area contributed by atoms with E-state index >= 15 is 0 Å². The van der Waals surface area contributed by atoms with Gasteiger partial charge in [-0.25, -0.2) is 12.8 Å². The lowest BCUT2D eigenvalue weighted by molar-refractivity contribution is -0.124. The fraction of sp³-hybridized carbons (Fsp3) is 0.353. The van der Waals surface area contributed by atoms with Crippen LogP contribution in [0.5, 0.6) is 0 Å². The third-order valence-electron chi connectivity index (χ3n) is 4.17. The first-order chi connectivity index (χ1) is 11.9. The van der Waals surface area contributed by atoms with Gasteiger partial charge in [0.1, 0.15) is 16.1 Å². The normalized spacial score (nSPS) is 18.4. The summed E-state index contributed by atoms with van der Waals surface area (Å²) < 4.78 is 40.1. The van der Waals surface area contributed by atoms with Crippen LogP contribution in [-0.2, 0) is 21.4 Å². The molecule has 1 amide bonds.